The molecule has 0 bridgehead atoms. The Kier molecular flexibility index (Phi) is 2.67. The van der Waals surface area contributed by atoms with E-state index in [1.807, 2.05) is 0 Å². The van der Waals surface area contributed by atoms with Crippen LogP contribution in [0.1, 0.15) is 27.8 Å². The number of nitrogens with one attached hydrogen (secondary N) is 1. The Morgan fingerprint density at radius 1 is 1.35 bits per heavy atom. The molecule has 1 aromatic carbocycles. The van der Waals surface area contributed by atoms with Crippen LogP contribution < -0.4 is 0 Å². The lowest BCUT2D eigenvalue weighted by Crippen LogP contribution is -2.00. The number of Topliss-reactive ketones (excluding diaryl/α,β-unsaturated/α-hetero) is 1. The molecule has 0 spiro atoms. The molecule has 0 aliphatic rings. The molecule has 0 aliphatic heterocycles. The number of halogens is 1. The minimum Gasteiger partial charge on any atom is -0.464 e. The van der Waals surface area contributed by atoms with Gasteiger partial charge in [-0.15, -0.1) is 0 Å². The first-order chi connectivity index (χ1) is 8.04. The Hall–Kier alpha value is -2.17. The maximum absolute atomic E-state index is 13.5. The lowest BCUT2D eigenvalue weighted by atomic mass is 10.1. The van der Waals surface area contributed by atoms with Crippen LogP contribution in [0.25, 0.3) is 10.9 Å². The highest BCUT2D eigenvalue weighted by molar-refractivity contribution is 6.08. The van der Waals surface area contributed by atoms with Gasteiger partial charge < -0.3 is 9.72 Å². The number of ether oxygens (including phenoxy) is 1. The fraction of sp³-hybridized carbons (Fsp3) is 0.167. The number of carbonyl (C=O) groups excluding carboxylic acids is 2. The molecular formula is C12H10FNO3. The van der Waals surface area contributed by atoms with Crippen LogP contribution in [0.5, 0.6) is 0 Å². The van der Waals surface area contributed by atoms with Gasteiger partial charge in [-0.2, -0.15) is 0 Å². The number of aromatic amines is 1. The van der Waals surface area contributed by atoms with Crippen LogP contribution in [0.4, 0.5) is 4.39 Å². The summed E-state index contributed by atoms with van der Waals surface area (Å²) in [5.41, 5.74) is 0.626. The monoisotopic (exact) mass is 235 g/mol. The molecule has 5 heteroatoms. The molecule has 1 N–H and O–H groups in total. The number of methoxy groups -OCH3 is 1. The normalized spacial score (nSPS) is 10.5. The van der Waals surface area contributed by atoms with Gasteiger partial charge >= 0.3 is 5.97 Å². The number of aromatic nitrogens is 1. The molecule has 0 amide bonds. The summed E-state index contributed by atoms with van der Waals surface area (Å²) < 4.78 is 18.0. The fourth-order valence-corrected chi connectivity index (χ4v) is 1.71. The Balaban J connectivity index is 2.74. The van der Waals surface area contributed by atoms with Crippen LogP contribution in [0, 0.1) is 5.82 Å². The van der Waals surface area contributed by atoms with E-state index in [9.17, 15) is 14.0 Å². The summed E-state index contributed by atoms with van der Waals surface area (Å²) in [6.45, 7) is 1.39. The van der Waals surface area contributed by atoms with Gasteiger partial charge in [0.05, 0.1) is 12.6 Å². The average Bonchev–Trinajstić information content (AvgIpc) is 2.73. The first-order valence-electron chi connectivity index (χ1n) is 4.95. The van der Waals surface area contributed by atoms with Crippen molar-refractivity contribution in [3.8, 4) is 0 Å². The van der Waals surface area contributed by atoms with E-state index in [-0.39, 0.29) is 17.0 Å². The molecule has 1 heterocycles. The summed E-state index contributed by atoms with van der Waals surface area (Å²) in [7, 11) is 1.23. The summed E-state index contributed by atoms with van der Waals surface area (Å²) >= 11 is 0. The van der Waals surface area contributed by atoms with Gasteiger partial charge in [0.2, 0.25) is 0 Å². The largest absolute Gasteiger partial charge is 0.464 e. The van der Waals surface area contributed by atoms with Gasteiger partial charge in [0.25, 0.3) is 0 Å². The molecule has 4 nitrogen and oxygen atoms in total. The molecule has 0 atom stereocenters. The second-order valence-corrected chi connectivity index (χ2v) is 3.61. The minimum atomic E-state index is -0.602. The van der Waals surface area contributed by atoms with Crippen LogP contribution >= 0.6 is 0 Å². The summed E-state index contributed by atoms with van der Waals surface area (Å²) in [4.78, 5) is 25.3. The number of rotatable bonds is 2. The van der Waals surface area contributed by atoms with E-state index in [1.54, 1.807) is 0 Å². The van der Waals surface area contributed by atoms with Crippen LogP contribution in [0.2, 0.25) is 0 Å². The van der Waals surface area contributed by atoms with Crippen molar-refractivity contribution in [1.29, 1.82) is 0 Å². The predicted octanol–water partition coefficient (Wildman–Crippen LogP) is 2.30. The number of hydrogen-bond acceptors (Lipinski definition) is 3. The lowest BCUT2D eigenvalue weighted by molar-refractivity contribution is 0.0595. The number of hydrogen-bond donors (Lipinski definition) is 1. The fourth-order valence-electron chi connectivity index (χ4n) is 1.71. The SMILES string of the molecule is COC(=O)c1cc2c(C(C)=O)ccc(F)c2[nH]1. The van der Waals surface area contributed by atoms with E-state index >= 15 is 0 Å². The van der Waals surface area contributed by atoms with E-state index < -0.39 is 11.8 Å². The third-order valence-electron chi connectivity index (χ3n) is 2.53. The highest BCUT2D eigenvalue weighted by Gasteiger charge is 2.16. The molecule has 0 unspecified atom stereocenters. The number of carbonyl (C=O) groups is 2. The number of esters is 1. The van der Waals surface area contributed by atoms with Crippen molar-refractivity contribution < 1.29 is 18.7 Å². The highest BCUT2D eigenvalue weighted by Crippen LogP contribution is 2.23. The molecule has 0 saturated carbocycles. The molecule has 0 aliphatic carbocycles. The molecule has 2 aromatic rings. The molecule has 0 fully saturated rings. The second kappa shape index (κ2) is 4.01. The Morgan fingerprint density at radius 3 is 2.65 bits per heavy atom. The second-order valence-electron chi connectivity index (χ2n) is 3.61. The van der Waals surface area contributed by atoms with Crippen molar-refractivity contribution in [2.75, 3.05) is 7.11 Å². The number of fused-ring (bicyclic) bond motifs is 1. The summed E-state index contributed by atoms with van der Waals surface area (Å²) in [5.74, 6) is -1.30. The molecular weight excluding hydrogens is 225 g/mol. The van der Waals surface area contributed by atoms with E-state index in [0.29, 0.717) is 10.9 Å². The third kappa shape index (κ3) is 1.80. The van der Waals surface area contributed by atoms with Crippen molar-refractivity contribution in [2.24, 2.45) is 0 Å². The van der Waals surface area contributed by atoms with Crippen LogP contribution in [0.15, 0.2) is 18.2 Å². The van der Waals surface area contributed by atoms with Gasteiger partial charge in [-0.05, 0) is 25.1 Å². The zero-order valence-corrected chi connectivity index (χ0v) is 9.33. The van der Waals surface area contributed by atoms with Crippen LogP contribution in [0.3, 0.4) is 0 Å². The number of benzene rings is 1. The molecule has 0 saturated heterocycles. The lowest BCUT2D eigenvalue weighted by Gasteiger charge is -1.98. The average molecular weight is 235 g/mol. The maximum Gasteiger partial charge on any atom is 0.354 e. The van der Waals surface area contributed by atoms with E-state index in [1.165, 1.54) is 32.2 Å². The Morgan fingerprint density at radius 2 is 2.06 bits per heavy atom. The number of H-pyrrole nitrogens is 1. The van der Waals surface area contributed by atoms with Crippen molar-refractivity contribution in [1.82, 2.24) is 4.98 Å². The van der Waals surface area contributed by atoms with E-state index in [2.05, 4.69) is 9.72 Å². The summed E-state index contributed by atoms with van der Waals surface area (Å²) in [5, 5.41) is 0.387. The van der Waals surface area contributed by atoms with Gasteiger partial charge in [-0.3, -0.25) is 4.79 Å². The van der Waals surface area contributed by atoms with Crippen molar-refractivity contribution in [2.45, 2.75) is 6.92 Å². The first kappa shape index (κ1) is 11.3. The van der Waals surface area contributed by atoms with Gasteiger partial charge in [-0.1, -0.05) is 0 Å². The van der Waals surface area contributed by atoms with E-state index in [4.69, 9.17) is 0 Å². The van der Waals surface area contributed by atoms with Crippen molar-refractivity contribution in [3.63, 3.8) is 0 Å². The number of ketones is 1. The zero-order chi connectivity index (χ0) is 12.6. The van der Waals surface area contributed by atoms with Crippen LogP contribution in [-0.2, 0) is 4.74 Å². The summed E-state index contributed by atoms with van der Waals surface area (Å²) in [6.07, 6.45) is 0. The van der Waals surface area contributed by atoms with Gasteiger partial charge in [0, 0.05) is 10.9 Å². The molecule has 2 rings (SSSR count). The summed E-state index contributed by atoms with van der Waals surface area (Å²) in [6, 6.07) is 4.01. The third-order valence-corrected chi connectivity index (χ3v) is 2.53. The van der Waals surface area contributed by atoms with E-state index in [0.717, 1.165) is 0 Å². The van der Waals surface area contributed by atoms with Crippen LogP contribution in [-0.4, -0.2) is 23.8 Å². The van der Waals surface area contributed by atoms with Gasteiger partial charge in [0.1, 0.15) is 11.5 Å². The standard InChI is InChI=1S/C12H10FNO3/c1-6(15)7-3-4-9(13)11-8(7)5-10(14-11)12(16)17-2/h3-5,14H,1-2H3. The van der Waals surface area contributed by atoms with Crippen molar-refractivity contribution in [3.05, 3.63) is 35.3 Å². The smallest absolute Gasteiger partial charge is 0.354 e. The topological polar surface area (TPSA) is 59.2 Å². The molecule has 88 valence electrons. The predicted molar refractivity (Wildman–Crippen MR) is 59.6 cm³/mol. The molecule has 17 heavy (non-hydrogen) atoms. The Labute approximate surface area is 96.4 Å². The molecule has 1 aromatic heterocycles. The highest BCUT2D eigenvalue weighted by atomic mass is 19.1. The van der Waals surface area contributed by atoms with Gasteiger partial charge in [-0.25, -0.2) is 9.18 Å². The molecule has 0 radical (unpaired) electrons. The van der Waals surface area contributed by atoms with Crippen molar-refractivity contribution >= 4 is 22.7 Å². The quantitative estimate of drug-likeness (QED) is 0.641. The maximum atomic E-state index is 13.5. The Bertz CT molecular complexity index is 615. The zero-order valence-electron chi connectivity index (χ0n) is 9.33. The first-order valence-corrected chi connectivity index (χ1v) is 4.95. The minimum absolute atomic E-state index is 0.120. The van der Waals surface area contributed by atoms with Gasteiger partial charge in [0.15, 0.2) is 5.78 Å².